The van der Waals surface area contributed by atoms with E-state index in [-0.39, 0.29) is 76.3 Å². The summed E-state index contributed by atoms with van der Waals surface area (Å²) in [5.41, 5.74) is 0. The van der Waals surface area contributed by atoms with Crippen LogP contribution in [0.4, 0.5) is 0 Å². The van der Waals surface area contributed by atoms with Crippen LogP contribution in [0.2, 0.25) is 0 Å². The summed E-state index contributed by atoms with van der Waals surface area (Å²) in [6, 6.07) is 0. The molecule has 0 amide bonds. The summed E-state index contributed by atoms with van der Waals surface area (Å²) in [6.07, 6.45) is 0. The molecule has 0 saturated carbocycles. The minimum absolute atomic E-state index is 0. The van der Waals surface area contributed by atoms with Gasteiger partial charge in [-0.15, -0.1) is 0 Å². The van der Waals surface area contributed by atoms with Crippen molar-refractivity contribution in [1.82, 2.24) is 0 Å². The summed E-state index contributed by atoms with van der Waals surface area (Å²) < 4.78 is 0. The van der Waals surface area contributed by atoms with Crippen LogP contribution in [0.25, 0.3) is 0 Å². The van der Waals surface area contributed by atoms with E-state index in [9.17, 15) is 0 Å². The van der Waals surface area contributed by atoms with Crippen molar-refractivity contribution in [3.8, 4) is 0 Å². The van der Waals surface area contributed by atoms with Crippen molar-refractivity contribution in [2.24, 2.45) is 0 Å². The van der Waals surface area contributed by atoms with E-state index in [0.29, 0.717) is 0 Å². The predicted octanol–water partition coefficient (Wildman–Crippen LogP) is 6.61. The van der Waals surface area contributed by atoms with Crippen molar-refractivity contribution in [1.29, 1.82) is 0 Å². The maximum Gasteiger partial charge on any atom is 0 e. The quantitative estimate of drug-likeness (QED) is 0.348. The summed E-state index contributed by atoms with van der Waals surface area (Å²) in [5.74, 6) is 0. The fourth-order valence-electron chi connectivity index (χ4n) is 0. The predicted molar refractivity (Wildman–Crippen MR) is 74.5 cm³/mol. The largest absolute Gasteiger partial charge is 0.358 e. The first kappa shape index (κ1) is 66.7. The van der Waals surface area contributed by atoms with Crippen LogP contribution in [0, 0.1) is 76.3 Å². The molecule has 0 aromatic rings. The molecule has 15 heavy (non-hydrogen) atoms. The van der Waals surface area contributed by atoms with Gasteiger partial charge in [-0.05, 0) is 0 Å². The van der Waals surface area contributed by atoms with Gasteiger partial charge in [-0.3, -0.25) is 0 Å². The minimum Gasteiger partial charge on any atom is -0.358 e. The molecule has 0 aliphatic heterocycles. The minimum atomic E-state index is 0. The average Bonchev–Trinajstić information content (AvgIpc) is 2.33. The van der Waals surface area contributed by atoms with E-state index < -0.39 is 0 Å². The third-order valence-corrected chi connectivity index (χ3v) is 0. The topological polar surface area (TPSA) is 0 Å². The van der Waals surface area contributed by atoms with E-state index in [1.165, 1.54) is 0 Å². The Morgan fingerprint density at radius 2 is 0.333 bits per heavy atom. The Kier molecular flexibility index (Phi) is 3180. The Morgan fingerprint density at radius 3 is 0.333 bits per heavy atom. The van der Waals surface area contributed by atoms with Crippen LogP contribution >= 0.6 is 0 Å². The zero-order valence-corrected chi connectivity index (χ0v) is 18.7. The molecule has 0 radical (unpaired) electrons. The van der Waals surface area contributed by atoms with Crippen LogP contribution in [-0.2, 0) is 0 Å². The Hall–Kier alpha value is 2.31. The van der Waals surface area contributed by atoms with Gasteiger partial charge in [0, 0.05) is 68.9 Å². The maximum atomic E-state index is 2.00. The molecule has 0 saturated heterocycles. The molecule has 0 nitrogen and oxygen atoms in total. The zero-order valence-electron chi connectivity index (χ0n) is 13.9. The van der Waals surface area contributed by atoms with Crippen molar-refractivity contribution in [2.45, 2.75) is 83.1 Å². The monoisotopic (exact) mass is 473 g/mol. The van der Waals surface area contributed by atoms with Crippen molar-refractivity contribution < 1.29 is 68.9 Å². The van der Waals surface area contributed by atoms with Crippen molar-refractivity contribution in [2.75, 3.05) is 0 Å². The van der Waals surface area contributed by atoms with Crippen LogP contribution < -0.4 is 0 Å². The SMILES string of the molecule is CC.CC.CC.CC.CC.CC.[Ar].[CH3-].[U]. The van der Waals surface area contributed by atoms with Gasteiger partial charge < -0.3 is 7.43 Å². The number of hydrogen-bond donors (Lipinski definition) is 0. The Balaban J connectivity index is -0.00000000396. The van der Waals surface area contributed by atoms with E-state index in [4.69, 9.17) is 0 Å². The van der Waals surface area contributed by atoms with Crippen LogP contribution in [0.3, 0.4) is 0 Å². The molecule has 0 N–H and O–H groups in total. The molecule has 0 rings (SSSR count). The van der Waals surface area contributed by atoms with Gasteiger partial charge in [-0.1, -0.05) is 83.1 Å². The van der Waals surface area contributed by atoms with E-state index in [1.807, 2.05) is 83.1 Å². The summed E-state index contributed by atoms with van der Waals surface area (Å²) in [5, 5.41) is 0. The third-order valence-electron chi connectivity index (χ3n) is 0. The molecule has 2 heteroatoms. The van der Waals surface area contributed by atoms with Gasteiger partial charge in [0.15, 0.2) is 0 Å². The van der Waals surface area contributed by atoms with Crippen LogP contribution in [0.15, 0.2) is 0 Å². The number of rotatable bonds is 0. The molecule has 0 aromatic carbocycles. The first-order chi connectivity index (χ1) is 6.00. The molecule has 0 aliphatic carbocycles. The van der Waals surface area contributed by atoms with Gasteiger partial charge in [-0.2, -0.15) is 0 Å². The van der Waals surface area contributed by atoms with Gasteiger partial charge in [0.05, 0.1) is 0 Å². The van der Waals surface area contributed by atoms with Gasteiger partial charge in [0.2, 0.25) is 0 Å². The third kappa shape index (κ3) is 625. The summed E-state index contributed by atoms with van der Waals surface area (Å²) >= 11 is 0. The Bertz CT molecular complexity index is 10.5. The molecule has 0 heterocycles. The Labute approximate surface area is 157 Å². The van der Waals surface area contributed by atoms with Gasteiger partial charge in [0.1, 0.15) is 0 Å². The normalized spacial score (nSPS) is 2.40. The van der Waals surface area contributed by atoms with Crippen molar-refractivity contribution in [3.05, 3.63) is 7.43 Å². The van der Waals surface area contributed by atoms with Crippen LogP contribution in [0.1, 0.15) is 83.1 Å². The van der Waals surface area contributed by atoms with Gasteiger partial charge in [-0.25, -0.2) is 0 Å². The first-order valence-corrected chi connectivity index (χ1v) is 6.00. The van der Waals surface area contributed by atoms with E-state index in [1.54, 1.807) is 0 Å². The molecule has 0 bridgehead atoms. The molecular weight excluding hydrogens is 434 g/mol. The van der Waals surface area contributed by atoms with Gasteiger partial charge >= 0.3 is 0 Å². The molecule has 104 valence electrons. The summed E-state index contributed by atoms with van der Waals surface area (Å²) in [4.78, 5) is 0. The molecule has 0 aromatic heterocycles. The summed E-state index contributed by atoms with van der Waals surface area (Å²) in [7, 11) is 0. The van der Waals surface area contributed by atoms with Gasteiger partial charge in [0.25, 0.3) is 0 Å². The second-order valence-corrected chi connectivity index (χ2v) is 0. The zero-order chi connectivity index (χ0) is 12.0. The number of hydrogen-bond acceptors (Lipinski definition) is 0. The van der Waals surface area contributed by atoms with E-state index in [0.717, 1.165) is 0 Å². The standard InChI is InChI=1S/6C2H6.CH3.Ar.U/c6*1-2;;;/h6*1-2H3;1H3;;/q;;;;;;-1;;. The molecular formula is C13H39ArU-. The van der Waals surface area contributed by atoms with Crippen molar-refractivity contribution >= 4 is 0 Å². The molecule has 0 fully saturated rings. The summed E-state index contributed by atoms with van der Waals surface area (Å²) in [6.45, 7) is 24.0. The Morgan fingerprint density at radius 1 is 0.333 bits per heavy atom. The van der Waals surface area contributed by atoms with E-state index in [2.05, 4.69) is 0 Å². The van der Waals surface area contributed by atoms with Crippen LogP contribution in [0.5, 0.6) is 0 Å². The smallest absolute Gasteiger partial charge is 0 e. The van der Waals surface area contributed by atoms with Crippen molar-refractivity contribution in [3.63, 3.8) is 0 Å². The maximum absolute atomic E-state index is 2.00. The van der Waals surface area contributed by atoms with E-state index >= 15 is 0 Å². The van der Waals surface area contributed by atoms with Crippen LogP contribution in [-0.4, -0.2) is 0 Å². The fourth-order valence-corrected chi connectivity index (χ4v) is 0. The fraction of sp³-hybridized carbons (Fsp3) is 0.923. The molecule has 0 spiro atoms. The first-order valence-electron chi connectivity index (χ1n) is 6.00. The second kappa shape index (κ2) is 716. The molecule has 0 aliphatic rings. The average molecular weight is 473 g/mol. The molecule has 0 atom stereocenters. The second-order valence-electron chi connectivity index (χ2n) is 0. The molecule has 0 unspecified atom stereocenters.